The van der Waals surface area contributed by atoms with Gasteiger partial charge in [0.25, 0.3) is 0 Å². The van der Waals surface area contributed by atoms with Crippen LogP contribution in [-0.2, 0) is 4.79 Å². The first-order chi connectivity index (χ1) is 4.66. The smallest absolute Gasteiger partial charge is 0.224 e. The Bertz CT molecular complexity index is 149. The van der Waals surface area contributed by atoms with E-state index in [2.05, 4.69) is 4.99 Å². The third-order valence-corrected chi connectivity index (χ3v) is 0.770. The molecule has 5 N–H and O–H groups in total. The molecular weight excluding hydrogens is 170 g/mol. The number of carbonyl (C=O) groups excluding carboxylic acids is 1. The molecule has 0 aliphatic heterocycles. The highest BCUT2D eigenvalue weighted by Crippen LogP contribution is 1.78. The fraction of sp³-hybridized carbons (Fsp3) is 0.600. The summed E-state index contributed by atoms with van der Waals surface area (Å²) in [5.41, 5.74) is 10.0. The van der Waals surface area contributed by atoms with Crippen molar-refractivity contribution in [1.82, 2.24) is 0 Å². The van der Waals surface area contributed by atoms with Crippen LogP contribution in [0, 0.1) is 0 Å². The lowest BCUT2D eigenvalue weighted by Gasteiger charge is -1.94. The summed E-state index contributed by atoms with van der Waals surface area (Å²) in [6.45, 7) is 0.151. The third-order valence-electron chi connectivity index (χ3n) is 0.770. The SMILES string of the molecule is Cl.NC(=O)CC(N)=NCCO. The van der Waals surface area contributed by atoms with Crippen LogP contribution in [0.15, 0.2) is 4.99 Å². The van der Waals surface area contributed by atoms with Crippen LogP contribution < -0.4 is 11.5 Å². The molecule has 0 aliphatic rings. The van der Waals surface area contributed by atoms with E-state index in [1.165, 1.54) is 0 Å². The fourth-order valence-electron chi connectivity index (χ4n) is 0.428. The highest BCUT2D eigenvalue weighted by molar-refractivity contribution is 5.98. The third kappa shape index (κ3) is 9.19. The second-order valence-corrected chi connectivity index (χ2v) is 1.74. The van der Waals surface area contributed by atoms with Crippen molar-refractivity contribution in [2.45, 2.75) is 6.42 Å². The van der Waals surface area contributed by atoms with E-state index in [1.807, 2.05) is 0 Å². The molecule has 0 atom stereocenters. The number of hydrogen-bond acceptors (Lipinski definition) is 3. The maximum atomic E-state index is 10.2. The Hall–Kier alpha value is -0.810. The number of amides is 1. The van der Waals surface area contributed by atoms with Crippen molar-refractivity contribution >= 4 is 24.1 Å². The van der Waals surface area contributed by atoms with E-state index in [-0.39, 0.29) is 37.8 Å². The molecule has 11 heavy (non-hydrogen) atoms. The van der Waals surface area contributed by atoms with E-state index in [4.69, 9.17) is 16.6 Å². The number of aliphatic hydroxyl groups is 1. The molecule has 0 fully saturated rings. The minimum Gasteiger partial charge on any atom is -0.394 e. The number of carbonyl (C=O) groups is 1. The fourth-order valence-corrected chi connectivity index (χ4v) is 0.428. The number of nitrogens with zero attached hydrogens (tertiary/aromatic N) is 1. The number of amidine groups is 1. The van der Waals surface area contributed by atoms with Gasteiger partial charge in [-0.3, -0.25) is 9.79 Å². The van der Waals surface area contributed by atoms with Crippen LogP contribution in [0.5, 0.6) is 0 Å². The van der Waals surface area contributed by atoms with Crippen LogP contribution in [0.25, 0.3) is 0 Å². The molecule has 5 nitrogen and oxygen atoms in total. The lowest BCUT2D eigenvalue weighted by Crippen LogP contribution is -2.22. The molecule has 6 heteroatoms. The Kier molecular flexibility index (Phi) is 8.51. The molecule has 1 amide bonds. The summed E-state index contributed by atoms with van der Waals surface area (Å²) in [6.07, 6.45) is -0.0417. The van der Waals surface area contributed by atoms with Gasteiger partial charge < -0.3 is 16.6 Å². The van der Waals surface area contributed by atoms with E-state index < -0.39 is 5.91 Å². The Balaban J connectivity index is 0. The molecule has 0 aliphatic carbocycles. The van der Waals surface area contributed by atoms with Gasteiger partial charge in [0.15, 0.2) is 0 Å². The first-order valence-corrected chi connectivity index (χ1v) is 2.84. The second-order valence-electron chi connectivity index (χ2n) is 1.74. The molecule has 0 unspecified atom stereocenters. The minimum atomic E-state index is -0.515. The molecule has 0 heterocycles. The first-order valence-electron chi connectivity index (χ1n) is 2.84. The molecule has 0 bridgehead atoms. The van der Waals surface area contributed by atoms with Crippen molar-refractivity contribution in [2.75, 3.05) is 13.2 Å². The summed E-state index contributed by atoms with van der Waals surface area (Å²) >= 11 is 0. The minimum absolute atomic E-state index is 0. The normalized spacial score (nSPS) is 10.5. The number of halogens is 1. The van der Waals surface area contributed by atoms with Gasteiger partial charge in [-0.1, -0.05) is 0 Å². The zero-order chi connectivity index (χ0) is 7.98. The van der Waals surface area contributed by atoms with Crippen LogP contribution >= 0.6 is 12.4 Å². The van der Waals surface area contributed by atoms with Crippen molar-refractivity contribution in [3.05, 3.63) is 0 Å². The second kappa shape index (κ2) is 7.30. The first kappa shape index (κ1) is 12.8. The summed E-state index contributed by atoms with van der Waals surface area (Å²) in [6, 6.07) is 0. The predicted octanol–water partition coefficient (Wildman–Crippen LogP) is -1.37. The Morgan fingerprint density at radius 2 is 2.00 bits per heavy atom. The molecule has 66 valence electrons. The number of nitrogens with two attached hydrogens (primary N) is 2. The molecule has 0 radical (unpaired) electrons. The number of primary amides is 1. The molecule has 0 spiro atoms. The number of aliphatic imine (C=N–C) groups is 1. The van der Waals surface area contributed by atoms with Gasteiger partial charge in [0, 0.05) is 0 Å². The van der Waals surface area contributed by atoms with Gasteiger partial charge in [0.05, 0.1) is 19.6 Å². The standard InChI is InChI=1S/C5H11N3O2.ClH/c6-4(3-5(7)10)8-1-2-9;/h9H,1-3H2,(H2,6,8)(H2,7,10);1H. The van der Waals surface area contributed by atoms with Crippen LogP contribution in [0.2, 0.25) is 0 Å². The van der Waals surface area contributed by atoms with E-state index in [1.54, 1.807) is 0 Å². The van der Waals surface area contributed by atoms with Crippen LogP contribution in [0.1, 0.15) is 6.42 Å². The molecule has 0 aromatic rings. The monoisotopic (exact) mass is 181 g/mol. The maximum Gasteiger partial charge on any atom is 0.224 e. The van der Waals surface area contributed by atoms with Gasteiger partial charge in [0.1, 0.15) is 5.84 Å². The van der Waals surface area contributed by atoms with Crippen molar-refractivity contribution in [2.24, 2.45) is 16.5 Å². The van der Waals surface area contributed by atoms with Crippen LogP contribution in [-0.4, -0.2) is 30.0 Å². The van der Waals surface area contributed by atoms with E-state index in [0.717, 1.165) is 0 Å². The summed E-state index contributed by atoms with van der Waals surface area (Å²) in [5, 5.41) is 8.27. The Morgan fingerprint density at radius 1 is 1.45 bits per heavy atom. The molecule has 0 aromatic carbocycles. The van der Waals surface area contributed by atoms with Crippen molar-refractivity contribution in [3.63, 3.8) is 0 Å². The van der Waals surface area contributed by atoms with Crippen molar-refractivity contribution in [3.8, 4) is 0 Å². The van der Waals surface area contributed by atoms with Crippen LogP contribution in [0.4, 0.5) is 0 Å². The predicted molar refractivity (Wildman–Crippen MR) is 44.6 cm³/mol. The molecule has 0 rings (SSSR count). The molecule has 0 aromatic heterocycles. The molecular formula is C5H12ClN3O2. The number of rotatable bonds is 4. The maximum absolute atomic E-state index is 10.2. The highest BCUT2D eigenvalue weighted by Gasteiger charge is 1.96. The summed E-state index contributed by atoms with van der Waals surface area (Å²) in [7, 11) is 0. The lowest BCUT2D eigenvalue weighted by molar-refractivity contribution is -0.116. The van der Waals surface area contributed by atoms with Gasteiger partial charge >= 0.3 is 0 Å². The highest BCUT2D eigenvalue weighted by atomic mass is 35.5. The zero-order valence-corrected chi connectivity index (χ0v) is 6.80. The van der Waals surface area contributed by atoms with Gasteiger partial charge in [-0.15, -0.1) is 12.4 Å². The Labute approximate surface area is 70.9 Å². The summed E-state index contributed by atoms with van der Waals surface area (Å²) < 4.78 is 0. The summed E-state index contributed by atoms with van der Waals surface area (Å²) in [5.74, 6) is -0.347. The van der Waals surface area contributed by atoms with Gasteiger partial charge in [-0.25, -0.2) is 0 Å². The van der Waals surface area contributed by atoms with E-state index >= 15 is 0 Å². The molecule has 0 saturated carbocycles. The van der Waals surface area contributed by atoms with Crippen LogP contribution in [0.3, 0.4) is 0 Å². The van der Waals surface area contributed by atoms with Crippen molar-refractivity contribution < 1.29 is 9.90 Å². The van der Waals surface area contributed by atoms with Crippen molar-refractivity contribution in [1.29, 1.82) is 0 Å². The van der Waals surface area contributed by atoms with Gasteiger partial charge in [-0.05, 0) is 0 Å². The van der Waals surface area contributed by atoms with Gasteiger partial charge in [-0.2, -0.15) is 0 Å². The van der Waals surface area contributed by atoms with E-state index in [0.29, 0.717) is 0 Å². The lowest BCUT2D eigenvalue weighted by atomic mass is 10.4. The van der Waals surface area contributed by atoms with E-state index in [9.17, 15) is 4.79 Å². The average Bonchev–Trinajstić information content (AvgIpc) is 1.82. The number of hydrogen-bond donors (Lipinski definition) is 3. The largest absolute Gasteiger partial charge is 0.394 e. The average molecular weight is 182 g/mol. The Morgan fingerprint density at radius 3 is 2.36 bits per heavy atom. The zero-order valence-electron chi connectivity index (χ0n) is 5.99. The topological polar surface area (TPSA) is 102 Å². The number of aliphatic hydroxyl groups excluding tert-OH is 1. The molecule has 0 saturated heterocycles. The summed E-state index contributed by atoms with van der Waals surface area (Å²) in [4.78, 5) is 13.8. The quantitative estimate of drug-likeness (QED) is 0.369. The van der Waals surface area contributed by atoms with Gasteiger partial charge in [0.2, 0.25) is 5.91 Å².